The van der Waals surface area contributed by atoms with Crippen molar-refractivity contribution < 1.29 is 23.1 Å². The molecule has 2 saturated carbocycles. The topological polar surface area (TPSA) is 76.8 Å². The number of rotatable bonds is 8. The molecule has 1 amide bonds. The number of carbonyl (C=O) groups is 1. The summed E-state index contributed by atoms with van der Waals surface area (Å²) in [6.45, 7) is 5.26. The normalized spacial score (nSPS) is 24.9. The number of benzene rings is 1. The van der Waals surface area contributed by atoms with Crippen LogP contribution >= 0.6 is 11.6 Å². The number of aryl methyl sites for hydroxylation is 1. The second-order valence-corrected chi connectivity index (χ2v) is 9.82. The van der Waals surface area contributed by atoms with Crippen molar-refractivity contribution in [2.75, 3.05) is 30.4 Å². The molecule has 33 heavy (non-hydrogen) atoms. The lowest BCUT2D eigenvalue weighted by molar-refractivity contribution is -0.0379. The van der Waals surface area contributed by atoms with Crippen molar-refractivity contribution in [1.29, 1.82) is 0 Å². The molecule has 5 rings (SSSR count). The lowest BCUT2D eigenvalue weighted by Gasteiger charge is -2.47. The van der Waals surface area contributed by atoms with Crippen molar-refractivity contribution in [1.82, 2.24) is 4.98 Å². The molecule has 1 aliphatic heterocycles. The van der Waals surface area contributed by atoms with Gasteiger partial charge in [-0.25, -0.2) is 4.39 Å². The zero-order valence-corrected chi connectivity index (χ0v) is 19.9. The molecule has 0 radical (unpaired) electrons. The van der Waals surface area contributed by atoms with E-state index >= 15 is 0 Å². The standard InChI is InChI=1S/C24H29ClFN3O4/c1-4-19-20(28-23(33-19)29-11-24(5-2,12-29)31-3)22(30)27-15-9-17(25)21(18(26)10-15)32-16-7-13-6-14(13)8-16/h9-10,13-14,16H,4-8,11-12H2,1-3H3,(H,27,30)/t13-,14?,16?/m0/s1. The van der Waals surface area contributed by atoms with E-state index in [1.54, 1.807) is 7.11 Å². The van der Waals surface area contributed by atoms with E-state index in [-0.39, 0.29) is 33.9 Å². The van der Waals surface area contributed by atoms with Crippen LogP contribution in [0.25, 0.3) is 0 Å². The third kappa shape index (κ3) is 4.19. The predicted octanol–water partition coefficient (Wildman–Crippen LogP) is 5.07. The highest BCUT2D eigenvalue weighted by Crippen LogP contribution is 2.53. The summed E-state index contributed by atoms with van der Waals surface area (Å²) in [5.74, 6) is 0.899. The number of hydrogen-bond donors (Lipinski definition) is 1. The molecule has 9 heteroatoms. The summed E-state index contributed by atoms with van der Waals surface area (Å²) < 4.78 is 32.0. The fourth-order valence-electron chi connectivity index (χ4n) is 5.03. The predicted molar refractivity (Wildman–Crippen MR) is 123 cm³/mol. The molecule has 0 bridgehead atoms. The number of halogens is 2. The summed E-state index contributed by atoms with van der Waals surface area (Å²) in [5, 5.41) is 2.83. The van der Waals surface area contributed by atoms with Crippen LogP contribution in [0.3, 0.4) is 0 Å². The van der Waals surface area contributed by atoms with Crippen LogP contribution in [0.2, 0.25) is 5.02 Å². The maximum Gasteiger partial charge on any atom is 0.298 e. The number of anilines is 2. The van der Waals surface area contributed by atoms with Gasteiger partial charge in [0.15, 0.2) is 17.3 Å². The first kappa shape index (κ1) is 22.5. The maximum atomic E-state index is 14.8. The molecule has 2 aliphatic carbocycles. The highest BCUT2D eigenvalue weighted by Gasteiger charge is 2.47. The third-order valence-electron chi connectivity index (χ3n) is 7.27. The van der Waals surface area contributed by atoms with Crippen LogP contribution in [0, 0.1) is 17.7 Å². The minimum absolute atomic E-state index is 0.00733. The molecular weight excluding hydrogens is 449 g/mol. The van der Waals surface area contributed by atoms with E-state index < -0.39 is 11.7 Å². The molecule has 3 fully saturated rings. The van der Waals surface area contributed by atoms with E-state index in [1.165, 1.54) is 18.6 Å². The van der Waals surface area contributed by atoms with Crippen molar-refractivity contribution in [3.63, 3.8) is 0 Å². The van der Waals surface area contributed by atoms with E-state index in [9.17, 15) is 9.18 Å². The number of ether oxygens (including phenoxy) is 2. The Morgan fingerprint density at radius 3 is 2.64 bits per heavy atom. The summed E-state index contributed by atoms with van der Waals surface area (Å²) in [4.78, 5) is 19.3. The van der Waals surface area contributed by atoms with Gasteiger partial charge in [0.05, 0.1) is 24.2 Å². The minimum atomic E-state index is -0.592. The number of fused-ring (bicyclic) bond motifs is 1. The van der Waals surface area contributed by atoms with Gasteiger partial charge >= 0.3 is 0 Å². The number of amides is 1. The van der Waals surface area contributed by atoms with Crippen molar-refractivity contribution in [3.05, 3.63) is 34.4 Å². The molecule has 2 unspecified atom stereocenters. The Morgan fingerprint density at radius 1 is 1.30 bits per heavy atom. The lowest BCUT2D eigenvalue weighted by Crippen LogP contribution is -2.62. The van der Waals surface area contributed by atoms with E-state index in [4.69, 9.17) is 25.5 Å². The first-order valence-corrected chi connectivity index (χ1v) is 12.0. The van der Waals surface area contributed by atoms with Crippen LogP contribution < -0.4 is 15.0 Å². The Morgan fingerprint density at radius 2 is 2.03 bits per heavy atom. The van der Waals surface area contributed by atoms with Gasteiger partial charge in [-0.15, -0.1) is 0 Å². The number of nitrogens with one attached hydrogen (secondary N) is 1. The molecule has 1 saturated heterocycles. The lowest BCUT2D eigenvalue weighted by atomic mass is 9.91. The van der Waals surface area contributed by atoms with Crippen molar-refractivity contribution in [3.8, 4) is 5.75 Å². The van der Waals surface area contributed by atoms with Crippen LogP contribution in [-0.2, 0) is 11.2 Å². The number of hydrogen-bond acceptors (Lipinski definition) is 6. The van der Waals surface area contributed by atoms with Gasteiger partial charge in [0.1, 0.15) is 11.4 Å². The second-order valence-electron chi connectivity index (χ2n) is 9.41. The Labute approximate surface area is 197 Å². The van der Waals surface area contributed by atoms with Gasteiger partial charge in [0.25, 0.3) is 11.9 Å². The molecule has 3 aliphatic rings. The smallest absolute Gasteiger partial charge is 0.298 e. The van der Waals surface area contributed by atoms with Gasteiger partial charge < -0.3 is 24.1 Å². The molecule has 2 heterocycles. The van der Waals surface area contributed by atoms with Gasteiger partial charge in [-0.1, -0.05) is 25.4 Å². The van der Waals surface area contributed by atoms with Crippen LogP contribution in [0.15, 0.2) is 16.5 Å². The maximum absolute atomic E-state index is 14.8. The van der Waals surface area contributed by atoms with Gasteiger partial charge in [0, 0.05) is 25.3 Å². The van der Waals surface area contributed by atoms with Crippen LogP contribution in [0.1, 0.15) is 55.8 Å². The van der Waals surface area contributed by atoms with E-state index in [0.717, 1.165) is 31.1 Å². The minimum Gasteiger partial charge on any atom is -0.486 e. The molecule has 1 aromatic carbocycles. The van der Waals surface area contributed by atoms with Crippen molar-refractivity contribution in [2.24, 2.45) is 11.8 Å². The Balaban J connectivity index is 1.28. The quantitative estimate of drug-likeness (QED) is 0.571. The molecule has 2 aromatic rings. The number of nitrogens with zero attached hydrogens (tertiary/aromatic N) is 2. The van der Waals surface area contributed by atoms with Gasteiger partial charge in [-0.3, -0.25) is 4.79 Å². The molecule has 3 atom stereocenters. The molecule has 0 spiro atoms. The molecular formula is C24H29ClFN3O4. The highest BCUT2D eigenvalue weighted by molar-refractivity contribution is 6.32. The number of oxazole rings is 1. The van der Waals surface area contributed by atoms with Gasteiger partial charge in [-0.05, 0) is 43.6 Å². The highest BCUT2D eigenvalue weighted by atomic mass is 35.5. The summed E-state index contributed by atoms with van der Waals surface area (Å²) in [6, 6.07) is 3.12. The first-order chi connectivity index (χ1) is 15.8. The summed E-state index contributed by atoms with van der Waals surface area (Å²) in [7, 11) is 1.70. The Kier molecular flexibility index (Phi) is 5.77. The van der Waals surface area contributed by atoms with Crippen LogP contribution in [0.4, 0.5) is 16.1 Å². The number of aromatic nitrogens is 1. The Hall–Kier alpha value is -2.32. The fourth-order valence-corrected chi connectivity index (χ4v) is 5.28. The first-order valence-electron chi connectivity index (χ1n) is 11.6. The largest absolute Gasteiger partial charge is 0.486 e. The van der Waals surface area contributed by atoms with Crippen molar-refractivity contribution >= 4 is 29.2 Å². The van der Waals surface area contributed by atoms with E-state index in [1.807, 2.05) is 11.8 Å². The summed E-state index contributed by atoms with van der Waals surface area (Å²) in [5.41, 5.74) is 0.213. The van der Waals surface area contributed by atoms with E-state index in [0.29, 0.717) is 31.3 Å². The summed E-state index contributed by atoms with van der Waals surface area (Å²) in [6.07, 6.45) is 4.55. The average Bonchev–Trinajstić information content (AvgIpc) is 3.18. The molecule has 7 nitrogen and oxygen atoms in total. The second kappa shape index (κ2) is 8.47. The number of carbonyl (C=O) groups excluding carboxylic acids is 1. The zero-order chi connectivity index (χ0) is 23.3. The third-order valence-corrected chi connectivity index (χ3v) is 7.55. The zero-order valence-electron chi connectivity index (χ0n) is 19.1. The van der Waals surface area contributed by atoms with Gasteiger partial charge in [0.2, 0.25) is 0 Å². The van der Waals surface area contributed by atoms with Crippen LogP contribution in [0.5, 0.6) is 5.75 Å². The average molecular weight is 478 g/mol. The van der Waals surface area contributed by atoms with E-state index in [2.05, 4.69) is 17.2 Å². The summed E-state index contributed by atoms with van der Waals surface area (Å²) >= 11 is 6.31. The monoisotopic (exact) mass is 477 g/mol. The van der Waals surface area contributed by atoms with Crippen molar-refractivity contribution in [2.45, 2.75) is 57.7 Å². The SMILES string of the molecule is CCc1oc(N2CC(CC)(OC)C2)nc1C(=O)Nc1cc(F)c(OC2CC3C[C@H]3C2)c(Cl)c1. The molecule has 1 N–H and O–H groups in total. The Bertz CT molecular complexity index is 1030. The van der Waals surface area contributed by atoms with Gasteiger partial charge in [-0.2, -0.15) is 4.98 Å². The molecule has 1 aromatic heterocycles. The van der Waals surface area contributed by atoms with Crippen LogP contribution in [-0.4, -0.2) is 42.8 Å². The molecule has 178 valence electrons. The fraction of sp³-hybridized carbons (Fsp3) is 0.583. The number of methoxy groups -OCH3 is 1.